The molecule has 1 amide bonds. The van der Waals surface area contributed by atoms with Gasteiger partial charge in [0.25, 0.3) is 5.91 Å². The van der Waals surface area contributed by atoms with Crippen molar-refractivity contribution >= 4 is 16.7 Å². The maximum absolute atomic E-state index is 12.8. The van der Waals surface area contributed by atoms with Gasteiger partial charge in [-0.2, -0.15) is 4.98 Å². The van der Waals surface area contributed by atoms with Gasteiger partial charge in [0, 0.05) is 43.8 Å². The number of ether oxygens (including phenoxy) is 2. The van der Waals surface area contributed by atoms with Gasteiger partial charge >= 0.3 is 6.01 Å². The molecule has 0 radical (unpaired) electrons. The van der Waals surface area contributed by atoms with E-state index in [-0.39, 0.29) is 18.0 Å². The number of carbonyl (C=O) groups excluding carboxylic acids is 1. The molecule has 0 bridgehead atoms. The highest BCUT2D eigenvalue weighted by Gasteiger charge is 2.25. The van der Waals surface area contributed by atoms with Gasteiger partial charge in [-0.1, -0.05) is 30.3 Å². The van der Waals surface area contributed by atoms with E-state index in [1.54, 1.807) is 12.3 Å². The van der Waals surface area contributed by atoms with E-state index >= 15 is 0 Å². The van der Waals surface area contributed by atoms with Crippen LogP contribution in [0.3, 0.4) is 0 Å². The number of amides is 1. The highest BCUT2D eigenvalue weighted by Crippen LogP contribution is 2.21. The molecule has 138 valence electrons. The molecule has 1 fully saturated rings. The van der Waals surface area contributed by atoms with E-state index in [0.717, 1.165) is 29.2 Å². The number of rotatable bonds is 4. The summed E-state index contributed by atoms with van der Waals surface area (Å²) in [7, 11) is 1.52. The minimum atomic E-state index is 0.0326. The lowest BCUT2D eigenvalue weighted by molar-refractivity contribution is 0.0586. The third kappa shape index (κ3) is 3.84. The van der Waals surface area contributed by atoms with E-state index < -0.39 is 0 Å². The molecule has 4 rings (SSSR count). The molecule has 0 spiro atoms. The quantitative estimate of drug-likeness (QED) is 0.711. The van der Waals surface area contributed by atoms with Crippen LogP contribution in [0.4, 0.5) is 0 Å². The Morgan fingerprint density at radius 1 is 1.07 bits per heavy atom. The van der Waals surface area contributed by atoms with Gasteiger partial charge in [0.15, 0.2) is 0 Å². The van der Waals surface area contributed by atoms with Crippen molar-refractivity contribution in [3.63, 3.8) is 0 Å². The number of likely N-dealkylation sites (tertiary alicyclic amines) is 1. The van der Waals surface area contributed by atoms with E-state index in [0.29, 0.717) is 19.0 Å². The first-order valence-corrected chi connectivity index (χ1v) is 9.05. The lowest BCUT2D eigenvalue weighted by Crippen LogP contribution is -2.41. The zero-order valence-corrected chi connectivity index (χ0v) is 15.2. The number of piperidine rings is 1. The van der Waals surface area contributed by atoms with Crippen LogP contribution in [0.5, 0.6) is 11.9 Å². The van der Waals surface area contributed by atoms with Crippen molar-refractivity contribution in [3.05, 3.63) is 60.3 Å². The summed E-state index contributed by atoms with van der Waals surface area (Å²) in [5.41, 5.74) is 0.730. The first-order valence-electron chi connectivity index (χ1n) is 9.05. The van der Waals surface area contributed by atoms with Crippen molar-refractivity contribution in [3.8, 4) is 11.9 Å². The highest BCUT2D eigenvalue weighted by atomic mass is 16.5. The van der Waals surface area contributed by atoms with Gasteiger partial charge in [0.05, 0.1) is 7.11 Å². The fraction of sp³-hybridized carbons (Fsp3) is 0.286. The smallest absolute Gasteiger partial charge is 0.319 e. The molecule has 0 N–H and O–H groups in total. The molecule has 3 aromatic rings. The Morgan fingerprint density at radius 3 is 2.63 bits per heavy atom. The Morgan fingerprint density at radius 2 is 1.85 bits per heavy atom. The molecule has 0 aliphatic carbocycles. The van der Waals surface area contributed by atoms with E-state index in [1.165, 1.54) is 7.11 Å². The molecule has 2 aromatic carbocycles. The molecule has 27 heavy (non-hydrogen) atoms. The molecule has 1 aromatic heterocycles. The number of hydrogen-bond donors (Lipinski definition) is 0. The number of nitrogens with zero attached hydrogens (tertiary/aromatic N) is 3. The second kappa shape index (κ2) is 7.61. The minimum absolute atomic E-state index is 0.0326. The summed E-state index contributed by atoms with van der Waals surface area (Å²) in [5, 5.41) is 2.22. The largest absolute Gasteiger partial charge is 0.474 e. The summed E-state index contributed by atoms with van der Waals surface area (Å²) in [6, 6.07) is 15.9. The van der Waals surface area contributed by atoms with Crippen LogP contribution < -0.4 is 9.47 Å². The molecular weight excluding hydrogens is 342 g/mol. The summed E-state index contributed by atoms with van der Waals surface area (Å²) in [5.74, 6) is 0.573. The minimum Gasteiger partial charge on any atom is -0.474 e. The normalized spacial score (nSPS) is 14.9. The summed E-state index contributed by atoms with van der Waals surface area (Å²) < 4.78 is 10.9. The molecule has 0 unspecified atom stereocenters. The van der Waals surface area contributed by atoms with E-state index in [2.05, 4.69) is 16.0 Å². The van der Waals surface area contributed by atoms with Gasteiger partial charge in [-0.25, -0.2) is 4.98 Å². The first-order chi connectivity index (χ1) is 13.2. The fourth-order valence-corrected chi connectivity index (χ4v) is 3.34. The van der Waals surface area contributed by atoms with Gasteiger partial charge in [0.2, 0.25) is 5.88 Å². The summed E-state index contributed by atoms with van der Waals surface area (Å²) in [6.45, 7) is 1.33. The molecule has 1 saturated heterocycles. The van der Waals surface area contributed by atoms with Crippen molar-refractivity contribution in [2.45, 2.75) is 18.9 Å². The summed E-state index contributed by atoms with van der Waals surface area (Å²) in [4.78, 5) is 22.9. The lowest BCUT2D eigenvalue weighted by atomic mass is 10.0. The zero-order chi connectivity index (χ0) is 18.6. The molecular formula is C21H21N3O3. The Bertz CT molecular complexity index is 952. The maximum Gasteiger partial charge on any atom is 0.319 e. The van der Waals surface area contributed by atoms with E-state index in [4.69, 9.17) is 9.47 Å². The number of methoxy groups -OCH3 is 1. The average Bonchev–Trinajstić information content (AvgIpc) is 2.73. The summed E-state index contributed by atoms with van der Waals surface area (Å²) in [6.07, 6.45) is 3.18. The van der Waals surface area contributed by atoms with Crippen molar-refractivity contribution in [1.82, 2.24) is 14.9 Å². The fourth-order valence-electron chi connectivity index (χ4n) is 3.34. The Labute approximate surface area is 157 Å². The number of hydrogen-bond acceptors (Lipinski definition) is 5. The Balaban J connectivity index is 1.38. The van der Waals surface area contributed by atoms with Crippen molar-refractivity contribution in [2.75, 3.05) is 20.2 Å². The molecule has 1 aliphatic heterocycles. The molecule has 2 heterocycles. The maximum atomic E-state index is 12.8. The number of benzene rings is 2. The third-order valence-corrected chi connectivity index (χ3v) is 4.80. The van der Waals surface area contributed by atoms with Crippen LogP contribution in [0.1, 0.15) is 23.2 Å². The van der Waals surface area contributed by atoms with Crippen molar-refractivity contribution in [1.29, 1.82) is 0 Å². The van der Waals surface area contributed by atoms with Gasteiger partial charge in [0.1, 0.15) is 6.10 Å². The predicted octanol–water partition coefficient (Wildman–Crippen LogP) is 3.32. The molecule has 6 heteroatoms. The van der Waals surface area contributed by atoms with Crippen LogP contribution in [0.25, 0.3) is 10.8 Å². The summed E-state index contributed by atoms with van der Waals surface area (Å²) >= 11 is 0. The molecule has 0 atom stereocenters. The molecule has 1 aliphatic rings. The standard InChI is InChI=1S/C21H21N3O3/c1-26-21-22-11-8-19(23-21)27-18-9-12-24(13-10-18)20(25)17-7-6-15-4-2-3-5-16(15)14-17/h2-8,11,14,18H,9-10,12-13H2,1H3. The monoisotopic (exact) mass is 363 g/mol. The first kappa shape index (κ1) is 17.3. The second-order valence-corrected chi connectivity index (χ2v) is 6.55. The van der Waals surface area contributed by atoms with E-state index in [1.807, 2.05) is 41.3 Å². The van der Waals surface area contributed by atoms with Crippen LogP contribution >= 0.6 is 0 Å². The van der Waals surface area contributed by atoms with E-state index in [9.17, 15) is 4.79 Å². The van der Waals surface area contributed by atoms with Crippen LogP contribution in [-0.4, -0.2) is 47.1 Å². The van der Waals surface area contributed by atoms with Gasteiger partial charge < -0.3 is 14.4 Å². The molecule has 0 saturated carbocycles. The van der Waals surface area contributed by atoms with Gasteiger partial charge in [-0.3, -0.25) is 4.79 Å². The predicted molar refractivity (Wildman–Crippen MR) is 102 cm³/mol. The highest BCUT2D eigenvalue weighted by molar-refractivity contribution is 5.98. The second-order valence-electron chi connectivity index (χ2n) is 6.55. The third-order valence-electron chi connectivity index (χ3n) is 4.80. The van der Waals surface area contributed by atoms with Crippen LogP contribution in [0.15, 0.2) is 54.7 Å². The van der Waals surface area contributed by atoms with Gasteiger partial charge in [-0.15, -0.1) is 0 Å². The Kier molecular flexibility index (Phi) is 4.87. The zero-order valence-electron chi connectivity index (χ0n) is 15.2. The van der Waals surface area contributed by atoms with Crippen molar-refractivity contribution < 1.29 is 14.3 Å². The van der Waals surface area contributed by atoms with Gasteiger partial charge in [-0.05, 0) is 22.9 Å². The van der Waals surface area contributed by atoms with Crippen LogP contribution in [0.2, 0.25) is 0 Å². The Hall–Kier alpha value is -3.15. The SMILES string of the molecule is COc1nccc(OC2CCN(C(=O)c3ccc4ccccc4c3)CC2)n1. The number of fused-ring (bicyclic) bond motifs is 1. The lowest BCUT2D eigenvalue weighted by Gasteiger charge is -2.32. The van der Waals surface area contributed by atoms with Crippen LogP contribution in [-0.2, 0) is 0 Å². The average molecular weight is 363 g/mol. The van der Waals surface area contributed by atoms with Crippen molar-refractivity contribution in [2.24, 2.45) is 0 Å². The topological polar surface area (TPSA) is 64.6 Å². The van der Waals surface area contributed by atoms with Crippen LogP contribution in [0, 0.1) is 0 Å². The number of carbonyl (C=O) groups is 1. The number of aromatic nitrogens is 2. The molecule has 6 nitrogen and oxygen atoms in total.